The van der Waals surface area contributed by atoms with E-state index in [9.17, 15) is 18.0 Å². The number of hydrogen-bond acceptors (Lipinski definition) is 5. The van der Waals surface area contributed by atoms with Gasteiger partial charge in [-0.25, -0.2) is 8.42 Å². The fraction of sp³-hybridized carbons (Fsp3) is 0.391. The highest BCUT2D eigenvalue weighted by molar-refractivity contribution is 7.89. The molecule has 0 spiro atoms. The van der Waals surface area contributed by atoms with E-state index in [1.54, 1.807) is 76.5 Å². The van der Waals surface area contributed by atoms with Crippen molar-refractivity contribution in [1.82, 2.24) is 9.21 Å². The zero-order valence-electron chi connectivity index (χ0n) is 19.0. The van der Waals surface area contributed by atoms with Crippen LogP contribution in [0, 0.1) is 0 Å². The van der Waals surface area contributed by atoms with Gasteiger partial charge in [-0.1, -0.05) is 26.0 Å². The molecule has 2 rings (SSSR count). The summed E-state index contributed by atoms with van der Waals surface area (Å²) in [6.45, 7) is 4.40. The van der Waals surface area contributed by atoms with Crippen LogP contribution in [0.4, 0.5) is 5.69 Å². The lowest BCUT2D eigenvalue weighted by atomic mass is 10.1. The zero-order valence-corrected chi connectivity index (χ0v) is 19.8. The van der Waals surface area contributed by atoms with E-state index in [1.165, 1.54) is 9.21 Å². The van der Waals surface area contributed by atoms with Crippen LogP contribution in [0.1, 0.15) is 25.8 Å². The van der Waals surface area contributed by atoms with Gasteiger partial charge in [0, 0.05) is 39.3 Å². The number of rotatable bonds is 11. The third-order valence-corrected chi connectivity index (χ3v) is 6.97. The van der Waals surface area contributed by atoms with E-state index in [4.69, 9.17) is 4.74 Å². The minimum atomic E-state index is -3.48. The number of sulfonamides is 1. The molecule has 2 aromatic rings. The summed E-state index contributed by atoms with van der Waals surface area (Å²) >= 11 is 0. The highest BCUT2D eigenvalue weighted by atomic mass is 32.2. The molecule has 9 heteroatoms. The van der Waals surface area contributed by atoms with Gasteiger partial charge in [-0.15, -0.1) is 0 Å². The van der Waals surface area contributed by atoms with Crippen molar-refractivity contribution in [2.45, 2.75) is 31.6 Å². The predicted octanol–water partition coefficient (Wildman–Crippen LogP) is 2.76. The number of benzene rings is 2. The molecular formula is C23H31N3O5S. The number of nitrogens with zero attached hydrogens (tertiary/aromatic N) is 2. The summed E-state index contributed by atoms with van der Waals surface area (Å²) in [6, 6.07) is 13.4. The van der Waals surface area contributed by atoms with Gasteiger partial charge in [0.25, 0.3) is 5.91 Å². The SMILES string of the molecule is CCN(CC)S(=O)(=O)c1ccc(CCC(=O)Nc2ccc(OCC(=O)N(C)C)cc2)cc1. The molecule has 0 heterocycles. The van der Waals surface area contributed by atoms with E-state index < -0.39 is 10.0 Å². The fourth-order valence-electron chi connectivity index (χ4n) is 2.93. The lowest BCUT2D eigenvalue weighted by Gasteiger charge is -2.18. The number of nitrogens with one attached hydrogen (secondary N) is 1. The van der Waals surface area contributed by atoms with Gasteiger partial charge in [-0.05, 0) is 48.4 Å². The number of anilines is 1. The van der Waals surface area contributed by atoms with Crippen molar-refractivity contribution in [2.24, 2.45) is 0 Å². The number of ether oxygens (including phenoxy) is 1. The van der Waals surface area contributed by atoms with Crippen LogP contribution in [-0.2, 0) is 26.0 Å². The lowest BCUT2D eigenvalue weighted by Crippen LogP contribution is -2.30. The second kappa shape index (κ2) is 11.6. The molecule has 32 heavy (non-hydrogen) atoms. The summed E-state index contributed by atoms with van der Waals surface area (Å²) in [5, 5.41) is 2.82. The maximum absolute atomic E-state index is 12.5. The van der Waals surface area contributed by atoms with Gasteiger partial charge in [-0.3, -0.25) is 9.59 Å². The van der Waals surface area contributed by atoms with Crippen LogP contribution in [0.3, 0.4) is 0 Å². The minimum Gasteiger partial charge on any atom is -0.484 e. The van der Waals surface area contributed by atoms with Crippen molar-refractivity contribution in [3.8, 4) is 5.75 Å². The summed E-state index contributed by atoms with van der Waals surface area (Å²) < 4.78 is 31.9. The van der Waals surface area contributed by atoms with Gasteiger partial charge in [0.05, 0.1) is 4.90 Å². The van der Waals surface area contributed by atoms with E-state index in [0.717, 1.165) is 5.56 Å². The first kappa shape index (κ1) is 25.4. The molecule has 174 valence electrons. The Kier molecular flexibility index (Phi) is 9.22. The lowest BCUT2D eigenvalue weighted by molar-refractivity contribution is -0.130. The second-order valence-electron chi connectivity index (χ2n) is 7.38. The Bertz CT molecular complexity index is 999. The molecule has 1 N–H and O–H groups in total. The maximum atomic E-state index is 12.5. The molecule has 0 bridgehead atoms. The van der Waals surface area contributed by atoms with E-state index in [0.29, 0.717) is 30.9 Å². The Morgan fingerprint density at radius 1 is 0.938 bits per heavy atom. The fourth-order valence-corrected chi connectivity index (χ4v) is 4.39. The average Bonchev–Trinajstić information content (AvgIpc) is 2.78. The summed E-state index contributed by atoms with van der Waals surface area (Å²) in [5.74, 6) is 0.250. The summed E-state index contributed by atoms with van der Waals surface area (Å²) in [4.78, 5) is 25.5. The first-order valence-electron chi connectivity index (χ1n) is 10.5. The van der Waals surface area contributed by atoms with E-state index in [1.807, 2.05) is 0 Å². The highest BCUT2D eigenvalue weighted by Gasteiger charge is 2.21. The van der Waals surface area contributed by atoms with Gasteiger partial charge < -0.3 is 15.0 Å². The molecule has 0 aromatic heterocycles. The molecule has 0 saturated carbocycles. The number of likely N-dealkylation sites (N-methyl/N-ethyl adjacent to an activating group) is 1. The Labute approximate surface area is 190 Å². The standard InChI is InChI=1S/C23H31N3O5S/c1-5-26(6-2)32(29,30)21-14-7-18(8-15-21)9-16-22(27)24-19-10-12-20(13-11-19)31-17-23(28)25(3)4/h7-8,10-15H,5-6,9,16-17H2,1-4H3,(H,24,27). The third kappa shape index (κ3) is 7.06. The first-order chi connectivity index (χ1) is 15.2. The van der Waals surface area contributed by atoms with Crippen LogP contribution >= 0.6 is 0 Å². The number of hydrogen-bond donors (Lipinski definition) is 1. The summed E-state index contributed by atoms with van der Waals surface area (Å²) in [5.41, 5.74) is 1.51. The normalized spacial score (nSPS) is 11.3. The molecule has 0 aliphatic carbocycles. The van der Waals surface area contributed by atoms with Gasteiger partial charge in [0.15, 0.2) is 6.61 Å². The molecule has 0 aliphatic rings. The number of aryl methyl sites for hydroxylation is 1. The van der Waals surface area contributed by atoms with Crippen LogP contribution in [0.15, 0.2) is 53.4 Å². The van der Waals surface area contributed by atoms with Crippen LogP contribution in [0.2, 0.25) is 0 Å². The van der Waals surface area contributed by atoms with Crippen LogP contribution in [-0.4, -0.2) is 63.2 Å². The smallest absolute Gasteiger partial charge is 0.259 e. The number of amides is 2. The van der Waals surface area contributed by atoms with Crippen molar-refractivity contribution in [3.63, 3.8) is 0 Å². The Morgan fingerprint density at radius 2 is 1.53 bits per heavy atom. The Balaban J connectivity index is 1.86. The Morgan fingerprint density at radius 3 is 2.06 bits per heavy atom. The van der Waals surface area contributed by atoms with Crippen molar-refractivity contribution in [2.75, 3.05) is 39.1 Å². The van der Waals surface area contributed by atoms with Gasteiger partial charge in [0.1, 0.15) is 5.75 Å². The molecule has 0 aliphatic heterocycles. The van der Waals surface area contributed by atoms with Gasteiger partial charge in [0.2, 0.25) is 15.9 Å². The van der Waals surface area contributed by atoms with Gasteiger partial charge in [-0.2, -0.15) is 4.31 Å². The second-order valence-corrected chi connectivity index (χ2v) is 9.32. The largest absolute Gasteiger partial charge is 0.484 e. The molecule has 0 atom stereocenters. The molecule has 2 aromatic carbocycles. The van der Waals surface area contributed by atoms with Crippen molar-refractivity contribution < 1.29 is 22.7 Å². The van der Waals surface area contributed by atoms with Crippen LogP contribution in [0.25, 0.3) is 0 Å². The topological polar surface area (TPSA) is 96.0 Å². The van der Waals surface area contributed by atoms with Crippen LogP contribution in [0.5, 0.6) is 5.75 Å². The van der Waals surface area contributed by atoms with Gasteiger partial charge >= 0.3 is 0 Å². The molecule has 0 saturated heterocycles. The number of carbonyl (C=O) groups excluding carboxylic acids is 2. The minimum absolute atomic E-state index is 0.0479. The first-order valence-corrected chi connectivity index (χ1v) is 11.9. The van der Waals surface area contributed by atoms with E-state index >= 15 is 0 Å². The summed E-state index contributed by atoms with van der Waals surface area (Å²) in [7, 11) is -0.165. The van der Waals surface area contributed by atoms with E-state index in [-0.39, 0.29) is 29.7 Å². The van der Waals surface area contributed by atoms with E-state index in [2.05, 4.69) is 5.32 Å². The molecule has 0 unspecified atom stereocenters. The summed E-state index contributed by atoms with van der Waals surface area (Å²) in [6.07, 6.45) is 0.753. The highest BCUT2D eigenvalue weighted by Crippen LogP contribution is 2.18. The maximum Gasteiger partial charge on any atom is 0.259 e. The van der Waals surface area contributed by atoms with Crippen LogP contribution < -0.4 is 10.1 Å². The molecule has 2 amide bonds. The Hall–Kier alpha value is -2.91. The molecule has 0 fully saturated rings. The zero-order chi connectivity index (χ0) is 23.7. The van der Waals surface area contributed by atoms with Crippen molar-refractivity contribution >= 4 is 27.5 Å². The molecular weight excluding hydrogens is 430 g/mol. The van der Waals surface area contributed by atoms with Crippen molar-refractivity contribution in [3.05, 3.63) is 54.1 Å². The number of carbonyl (C=O) groups is 2. The third-order valence-electron chi connectivity index (χ3n) is 4.91. The van der Waals surface area contributed by atoms with Crippen molar-refractivity contribution in [1.29, 1.82) is 0 Å². The molecule has 0 radical (unpaired) electrons. The quantitative estimate of drug-likeness (QED) is 0.555. The monoisotopic (exact) mass is 461 g/mol. The predicted molar refractivity (Wildman–Crippen MR) is 124 cm³/mol. The average molecular weight is 462 g/mol. The molecule has 8 nitrogen and oxygen atoms in total.